The standard InChI is InChI=1S/C23H27F3N8O4S2/c24-12-23(13-38-14-23)30-40(36,37)15-9-17(31-5-7-33(8-6-31)22(35)32-3-1-2-4-32)16-11-27-34(18(16)10-15)21-29-28-20(39-21)19(25)26/h9-11,19,30H,1-8,12-14H2. The summed E-state index contributed by atoms with van der Waals surface area (Å²) < 4.78 is 75.8. The Bertz CT molecular complexity index is 1510. The maximum atomic E-state index is 13.7. The summed E-state index contributed by atoms with van der Waals surface area (Å²) in [6.07, 6.45) is 0.686. The molecule has 0 spiro atoms. The molecule has 0 bridgehead atoms. The van der Waals surface area contributed by atoms with Crippen molar-refractivity contribution in [1.82, 2.24) is 34.5 Å². The Kier molecular flexibility index (Phi) is 7.08. The molecule has 17 heteroatoms. The summed E-state index contributed by atoms with van der Waals surface area (Å²) in [5.41, 5.74) is -0.499. The zero-order valence-electron chi connectivity index (χ0n) is 21.3. The molecule has 12 nitrogen and oxygen atoms in total. The number of alkyl halides is 3. The van der Waals surface area contributed by atoms with Gasteiger partial charge in [0.25, 0.3) is 6.43 Å². The zero-order valence-corrected chi connectivity index (χ0v) is 22.9. The number of aromatic nitrogens is 4. The molecule has 0 unspecified atom stereocenters. The maximum absolute atomic E-state index is 13.7. The number of piperazine rings is 1. The van der Waals surface area contributed by atoms with Crippen molar-refractivity contribution in [2.45, 2.75) is 29.7 Å². The topological polar surface area (TPSA) is 126 Å². The van der Waals surface area contributed by atoms with Gasteiger partial charge in [0.2, 0.25) is 15.2 Å². The molecular weight excluding hydrogens is 573 g/mol. The Morgan fingerprint density at radius 2 is 1.77 bits per heavy atom. The van der Waals surface area contributed by atoms with Crippen LogP contribution in [0.5, 0.6) is 0 Å². The lowest BCUT2D eigenvalue weighted by Gasteiger charge is -2.39. The number of sulfonamides is 1. The molecular formula is C23H27F3N8O4S2. The molecule has 3 fully saturated rings. The van der Waals surface area contributed by atoms with E-state index in [0.717, 1.165) is 25.9 Å². The van der Waals surface area contributed by atoms with E-state index in [2.05, 4.69) is 20.0 Å². The van der Waals surface area contributed by atoms with Crippen molar-refractivity contribution in [1.29, 1.82) is 0 Å². The lowest BCUT2D eigenvalue weighted by Crippen LogP contribution is -2.63. The number of hydrogen-bond donors (Lipinski definition) is 1. The van der Waals surface area contributed by atoms with Crippen LogP contribution < -0.4 is 9.62 Å². The highest BCUT2D eigenvalue weighted by molar-refractivity contribution is 7.89. The van der Waals surface area contributed by atoms with E-state index in [0.29, 0.717) is 54.1 Å². The first-order valence-corrected chi connectivity index (χ1v) is 15.1. The molecule has 2 aromatic heterocycles. The third kappa shape index (κ3) is 4.88. The second-order valence-corrected chi connectivity index (χ2v) is 12.8. The highest BCUT2D eigenvalue weighted by Gasteiger charge is 2.43. The van der Waals surface area contributed by atoms with E-state index in [9.17, 15) is 26.4 Å². The minimum Gasteiger partial charge on any atom is -0.377 e. The van der Waals surface area contributed by atoms with Crippen molar-refractivity contribution in [2.75, 3.05) is 64.1 Å². The molecule has 3 aromatic rings. The van der Waals surface area contributed by atoms with Crippen LogP contribution in [0.15, 0.2) is 23.2 Å². The molecule has 216 valence electrons. The first-order valence-electron chi connectivity index (χ1n) is 12.8. The molecule has 0 saturated carbocycles. The molecule has 3 aliphatic rings. The number of amides is 2. The molecule has 0 radical (unpaired) electrons. The Balaban J connectivity index is 1.36. The third-order valence-electron chi connectivity index (χ3n) is 7.38. The summed E-state index contributed by atoms with van der Waals surface area (Å²) in [6, 6.07) is 2.85. The van der Waals surface area contributed by atoms with Gasteiger partial charge in [-0.15, -0.1) is 10.2 Å². The minimum absolute atomic E-state index is 0.000914. The normalized spacial score (nSPS) is 19.6. The van der Waals surface area contributed by atoms with Crippen LogP contribution in [-0.4, -0.2) is 109 Å². The van der Waals surface area contributed by atoms with Gasteiger partial charge in [0, 0.05) is 50.3 Å². The Morgan fingerprint density at radius 1 is 1.07 bits per heavy atom. The van der Waals surface area contributed by atoms with Gasteiger partial charge in [-0.25, -0.2) is 31.1 Å². The molecule has 1 aromatic carbocycles. The highest BCUT2D eigenvalue weighted by atomic mass is 32.2. The monoisotopic (exact) mass is 600 g/mol. The van der Waals surface area contributed by atoms with Crippen LogP contribution in [0.1, 0.15) is 24.3 Å². The number of carbonyl (C=O) groups is 1. The molecule has 0 atom stereocenters. The van der Waals surface area contributed by atoms with E-state index in [1.807, 2.05) is 9.80 Å². The smallest absolute Gasteiger partial charge is 0.320 e. The van der Waals surface area contributed by atoms with Gasteiger partial charge in [-0.1, -0.05) is 11.3 Å². The number of anilines is 1. The average Bonchev–Trinajstić information content (AvgIpc) is 3.70. The van der Waals surface area contributed by atoms with E-state index in [1.54, 1.807) is 4.90 Å². The minimum atomic E-state index is -4.23. The molecule has 3 saturated heterocycles. The van der Waals surface area contributed by atoms with Crippen LogP contribution in [0, 0.1) is 0 Å². The van der Waals surface area contributed by atoms with Gasteiger partial charge in [-0.05, 0) is 25.0 Å². The lowest BCUT2D eigenvalue weighted by molar-refractivity contribution is -0.0725. The fraction of sp³-hybridized carbons (Fsp3) is 0.565. The SMILES string of the molecule is O=C(N1CCCC1)N1CCN(c2cc(S(=O)(=O)NC3(CF)COC3)cc3c2cnn3-c2nnc(C(F)F)s2)CC1. The predicted octanol–water partition coefficient (Wildman–Crippen LogP) is 2.17. The fourth-order valence-corrected chi connectivity index (χ4v) is 7.22. The van der Waals surface area contributed by atoms with Crippen LogP contribution in [0.2, 0.25) is 0 Å². The van der Waals surface area contributed by atoms with Gasteiger partial charge in [0.15, 0.2) is 5.01 Å². The largest absolute Gasteiger partial charge is 0.377 e. The number of halogens is 3. The second-order valence-electron chi connectivity index (χ2n) is 10.1. The van der Waals surface area contributed by atoms with Crippen molar-refractivity contribution in [3.05, 3.63) is 23.3 Å². The molecule has 5 heterocycles. The van der Waals surface area contributed by atoms with E-state index in [4.69, 9.17) is 4.74 Å². The summed E-state index contributed by atoms with van der Waals surface area (Å²) in [4.78, 5) is 18.3. The molecule has 6 rings (SSSR count). The summed E-state index contributed by atoms with van der Waals surface area (Å²) in [6.45, 7) is 2.13. The van der Waals surface area contributed by atoms with Crippen molar-refractivity contribution < 1.29 is 31.1 Å². The van der Waals surface area contributed by atoms with Crippen molar-refractivity contribution in [3.63, 3.8) is 0 Å². The number of fused-ring (bicyclic) bond motifs is 1. The molecule has 0 aliphatic carbocycles. The van der Waals surface area contributed by atoms with Gasteiger partial charge in [-0.3, -0.25) is 0 Å². The number of nitrogens with zero attached hydrogens (tertiary/aromatic N) is 7. The highest BCUT2D eigenvalue weighted by Crippen LogP contribution is 2.35. The number of carbonyl (C=O) groups excluding carboxylic acids is 1. The predicted molar refractivity (Wildman–Crippen MR) is 139 cm³/mol. The Morgan fingerprint density at radius 3 is 2.38 bits per heavy atom. The van der Waals surface area contributed by atoms with Crippen molar-refractivity contribution in [3.8, 4) is 5.13 Å². The zero-order chi connectivity index (χ0) is 28.1. The number of hydrogen-bond acceptors (Lipinski definition) is 9. The van der Waals surface area contributed by atoms with E-state index < -0.39 is 33.7 Å². The third-order valence-corrected chi connectivity index (χ3v) is 9.84. The van der Waals surface area contributed by atoms with Crippen LogP contribution in [0.25, 0.3) is 16.0 Å². The van der Waals surface area contributed by atoms with Crippen molar-refractivity contribution >= 4 is 44.0 Å². The first-order chi connectivity index (χ1) is 19.2. The van der Waals surface area contributed by atoms with Gasteiger partial charge in [0.05, 0.1) is 29.8 Å². The van der Waals surface area contributed by atoms with Gasteiger partial charge < -0.3 is 19.4 Å². The number of urea groups is 1. The fourth-order valence-electron chi connectivity index (χ4n) is 5.16. The average molecular weight is 601 g/mol. The van der Waals surface area contributed by atoms with Crippen LogP contribution >= 0.6 is 11.3 Å². The molecule has 40 heavy (non-hydrogen) atoms. The number of benzene rings is 1. The number of likely N-dealkylation sites (tertiary alicyclic amines) is 1. The quantitative estimate of drug-likeness (QED) is 0.438. The first kappa shape index (κ1) is 27.2. The molecule has 2 amide bonds. The summed E-state index contributed by atoms with van der Waals surface area (Å²) >= 11 is 0.645. The van der Waals surface area contributed by atoms with E-state index in [-0.39, 0.29) is 29.3 Å². The van der Waals surface area contributed by atoms with E-state index >= 15 is 0 Å². The summed E-state index contributed by atoms with van der Waals surface area (Å²) in [7, 11) is -4.23. The maximum Gasteiger partial charge on any atom is 0.320 e. The van der Waals surface area contributed by atoms with Gasteiger partial charge in [0.1, 0.15) is 12.2 Å². The van der Waals surface area contributed by atoms with Gasteiger partial charge >= 0.3 is 6.03 Å². The van der Waals surface area contributed by atoms with Crippen molar-refractivity contribution in [2.24, 2.45) is 0 Å². The van der Waals surface area contributed by atoms with Gasteiger partial charge in [-0.2, -0.15) is 9.82 Å². The van der Waals surface area contributed by atoms with Crippen LogP contribution in [0.4, 0.5) is 23.7 Å². The van der Waals surface area contributed by atoms with Crippen LogP contribution in [0.3, 0.4) is 0 Å². The summed E-state index contributed by atoms with van der Waals surface area (Å²) in [5, 5.41) is 11.8. The summed E-state index contributed by atoms with van der Waals surface area (Å²) in [5.74, 6) is 0. The number of ether oxygens (including phenoxy) is 1. The number of rotatable bonds is 7. The number of nitrogens with one attached hydrogen (secondary N) is 1. The molecule has 1 N–H and O–H groups in total. The Hall–Kier alpha value is -3.02. The Labute approximate surface area is 231 Å². The molecule has 3 aliphatic heterocycles. The lowest BCUT2D eigenvalue weighted by atomic mass is 10.0. The van der Waals surface area contributed by atoms with E-state index in [1.165, 1.54) is 23.0 Å². The van der Waals surface area contributed by atoms with Crippen LogP contribution in [-0.2, 0) is 14.8 Å². The second kappa shape index (κ2) is 10.4.